The number of fused-ring (bicyclic) bond motifs is 1. The number of phenolic OH excluding ortho intramolecular Hbond substituents is 4. The molecule has 112 valence electrons. The summed E-state index contributed by atoms with van der Waals surface area (Å²) < 4.78 is 5.39. The van der Waals surface area contributed by atoms with Crippen LogP contribution >= 0.6 is 0 Å². The smallest absolute Gasteiger partial charge is 0.201 e. The van der Waals surface area contributed by atoms with E-state index in [1.165, 1.54) is 30.3 Å². The molecular weight excluding hydrogens is 288 g/mol. The fourth-order valence-electron chi connectivity index (χ4n) is 2.17. The lowest BCUT2D eigenvalue weighted by molar-refractivity contribution is 0.399. The lowest BCUT2D eigenvalue weighted by Gasteiger charge is -2.05. The van der Waals surface area contributed by atoms with Crippen molar-refractivity contribution in [3.63, 3.8) is 0 Å². The van der Waals surface area contributed by atoms with E-state index in [1.807, 2.05) is 0 Å². The maximum atomic E-state index is 10.2. The molecule has 5 N–H and O–H groups in total. The molecule has 0 fully saturated rings. The molecule has 0 bridgehead atoms. The van der Waals surface area contributed by atoms with Gasteiger partial charge in [-0.25, -0.2) is 0 Å². The largest absolute Gasteiger partial charge is 0.504 e. The van der Waals surface area contributed by atoms with Crippen molar-refractivity contribution in [2.45, 2.75) is 0 Å². The van der Waals surface area contributed by atoms with Crippen molar-refractivity contribution < 1.29 is 29.9 Å². The lowest BCUT2D eigenvalue weighted by Crippen LogP contribution is -1.84. The van der Waals surface area contributed by atoms with E-state index in [0.29, 0.717) is 5.56 Å². The Balaban J connectivity index is 2.17. The molecule has 0 aliphatic carbocycles. The third-order valence-electron chi connectivity index (χ3n) is 3.38. The van der Waals surface area contributed by atoms with Crippen molar-refractivity contribution in [1.82, 2.24) is 0 Å². The normalized spacial score (nSPS) is 10.9. The molecule has 2 aromatic carbocycles. The molecule has 6 nitrogen and oxygen atoms in total. The van der Waals surface area contributed by atoms with Gasteiger partial charge in [-0.2, -0.15) is 0 Å². The number of benzene rings is 2. The summed E-state index contributed by atoms with van der Waals surface area (Å²) in [5.74, 6) is -1.74. The van der Waals surface area contributed by atoms with E-state index in [9.17, 15) is 25.5 Å². The molecule has 0 spiro atoms. The average molecular weight is 300 g/mol. The topological polar surface area (TPSA) is 114 Å². The Labute approximate surface area is 124 Å². The number of hydrogen-bond donors (Lipinski definition) is 5. The van der Waals surface area contributed by atoms with Crippen molar-refractivity contribution in [3.8, 4) is 28.7 Å². The van der Waals surface area contributed by atoms with E-state index >= 15 is 0 Å². The van der Waals surface area contributed by atoms with Gasteiger partial charge in [-0.1, -0.05) is 12.6 Å². The molecule has 0 aliphatic heterocycles. The Hall–Kier alpha value is -3.28. The molecule has 1 aromatic heterocycles. The van der Waals surface area contributed by atoms with Crippen LogP contribution in [0, 0.1) is 0 Å². The van der Waals surface area contributed by atoms with Gasteiger partial charge in [0.05, 0.1) is 5.39 Å². The van der Waals surface area contributed by atoms with Gasteiger partial charge in [0.2, 0.25) is 5.75 Å². The van der Waals surface area contributed by atoms with Gasteiger partial charge in [-0.15, -0.1) is 0 Å². The highest BCUT2D eigenvalue weighted by Crippen LogP contribution is 2.44. The Bertz CT molecular complexity index is 907. The maximum absolute atomic E-state index is 10.2. The fourth-order valence-corrected chi connectivity index (χ4v) is 2.17. The standard InChI is InChI=1S/C16H12O6/c1-7(8-2-4-10(17)12(19)6-8)15-13(20)9-3-5-11(18)14(21)16(9)22-15/h2-6,17-21H,1H2. The van der Waals surface area contributed by atoms with Gasteiger partial charge in [-0.3, -0.25) is 0 Å². The number of phenols is 4. The Morgan fingerprint density at radius 1 is 0.818 bits per heavy atom. The van der Waals surface area contributed by atoms with Gasteiger partial charge < -0.3 is 29.9 Å². The maximum Gasteiger partial charge on any atom is 0.201 e. The van der Waals surface area contributed by atoms with Gasteiger partial charge in [0, 0.05) is 5.57 Å². The summed E-state index contributed by atoms with van der Waals surface area (Å²) in [6.45, 7) is 3.78. The van der Waals surface area contributed by atoms with Crippen LogP contribution in [0.25, 0.3) is 16.5 Å². The molecule has 0 saturated heterocycles. The second-order valence-electron chi connectivity index (χ2n) is 4.77. The molecule has 0 unspecified atom stereocenters. The molecule has 0 saturated carbocycles. The minimum Gasteiger partial charge on any atom is -0.504 e. The first-order chi connectivity index (χ1) is 10.4. The summed E-state index contributed by atoms with van der Waals surface area (Å²) in [6, 6.07) is 6.65. The van der Waals surface area contributed by atoms with Gasteiger partial charge in [0.25, 0.3) is 0 Å². The molecule has 3 rings (SSSR count). The lowest BCUT2D eigenvalue weighted by atomic mass is 10.0. The second kappa shape index (κ2) is 4.63. The Morgan fingerprint density at radius 2 is 1.50 bits per heavy atom. The highest BCUT2D eigenvalue weighted by molar-refractivity contribution is 5.96. The van der Waals surface area contributed by atoms with Crippen LogP contribution in [-0.2, 0) is 0 Å². The summed E-state index contributed by atoms with van der Waals surface area (Å²) in [6.07, 6.45) is 0. The van der Waals surface area contributed by atoms with Crippen LogP contribution in [0.3, 0.4) is 0 Å². The summed E-state index contributed by atoms with van der Waals surface area (Å²) >= 11 is 0. The van der Waals surface area contributed by atoms with Crippen molar-refractivity contribution in [1.29, 1.82) is 0 Å². The zero-order valence-electron chi connectivity index (χ0n) is 11.2. The van der Waals surface area contributed by atoms with E-state index in [4.69, 9.17) is 4.42 Å². The fraction of sp³-hybridized carbons (Fsp3) is 0. The van der Waals surface area contributed by atoms with Gasteiger partial charge in [0.15, 0.2) is 34.3 Å². The summed E-state index contributed by atoms with van der Waals surface area (Å²) in [7, 11) is 0. The molecule has 0 amide bonds. The van der Waals surface area contributed by atoms with Gasteiger partial charge in [-0.05, 0) is 29.8 Å². The average Bonchev–Trinajstić information content (AvgIpc) is 2.83. The number of rotatable bonds is 2. The third kappa shape index (κ3) is 1.89. The molecular formula is C16H12O6. The summed E-state index contributed by atoms with van der Waals surface area (Å²) in [5.41, 5.74) is 0.577. The molecule has 0 aliphatic rings. The molecule has 6 heteroatoms. The van der Waals surface area contributed by atoms with E-state index in [2.05, 4.69) is 6.58 Å². The first kappa shape index (κ1) is 13.7. The molecule has 22 heavy (non-hydrogen) atoms. The first-order valence-electron chi connectivity index (χ1n) is 6.28. The first-order valence-corrected chi connectivity index (χ1v) is 6.28. The van der Waals surface area contributed by atoms with Crippen molar-refractivity contribution in [2.24, 2.45) is 0 Å². The number of hydrogen-bond acceptors (Lipinski definition) is 6. The zero-order chi connectivity index (χ0) is 16.0. The van der Waals surface area contributed by atoms with Crippen molar-refractivity contribution in [3.05, 3.63) is 48.2 Å². The number of aromatic hydroxyl groups is 5. The van der Waals surface area contributed by atoms with E-state index in [-0.39, 0.29) is 45.3 Å². The van der Waals surface area contributed by atoms with E-state index < -0.39 is 5.75 Å². The van der Waals surface area contributed by atoms with Crippen LogP contribution in [0.1, 0.15) is 11.3 Å². The van der Waals surface area contributed by atoms with Crippen LogP contribution in [0.4, 0.5) is 0 Å². The minimum atomic E-state index is -0.486. The SMILES string of the molecule is C=C(c1ccc(O)c(O)c1)c1oc2c(O)c(O)ccc2c1O. The van der Waals surface area contributed by atoms with Gasteiger partial charge >= 0.3 is 0 Å². The monoisotopic (exact) mass is 300 g/mol. The number of furan rings is 1. The van der Waals surface area contributed by atoms with E-state index in [1.54, 1.807) is 0 Å². The van der Waals surface area contributed by atoms with Crippen LogP contribution in [-0.4, -0.2) is 25.5 Å². The van der Waals surface area contributed by atoms with Crippen LogP contribution in [0.2, 0.25) is 0 Å². The molecule has 1 heterocycles. The van der Waals surface area contributed by atoms with Crippen LogP contribution in [0.5, 0.6) is 28.7 Å². The second-order valence-corrected chi connectivity index (χ2v) is 4.77. The molecule has 3 aromatic rings. The summed E-state index contributed by atoms with van der Waals surface area (Å²) in [4.78, 5) is 0. The zero-order valence-corrected chi connectivity index (χ0v) is 11.2. The predicted molar refractivity (Wildman–Crippen MR) is 79.1 cm³/mol. The van der Waals surface area contributed by atoms with Crippen LogP contribution < -0.4 is 0 Å². The molecule has 0 radical (unpaired) electrons. The quantitative estimate of drug-likeness (QED) is 0.465. The van der Waals surface area contributed by atoms with E-state index in [0.717, 1.165) is 0 Å². The molecule has 0 atom stereocenters. The Morgan fingerprint density at radius 3 is 2.18 bits per heavy atom. The minimum absolute atomic E-state index is 0.0130. The van der Waals surface area contributed by atoms with Crippen molar-refractivity contribution in [2.75, 3.05) is 0 Å². The third-order valence-corrected chi connectivity index (χ3v) is 3.38. The summed E-state index contributed by atoms with van der Waals surface area (Å²) in [5, 5.41) is 48.5. The highest BCUT2D eigenvalue weighted by Gasteiger charge is 2.21. The van der Waals surface area contributed by atoms with Crippen LogP contribution in [0.15, 0.2) is 41.3 Å². The van der Waals surface area contributed by atoms with Gasteiger partial charge in [0.1, 0.15) is 0 Å². The van der Waals surface area contributed by atoms with Crippen molar-refractivity contribution >= 4 is 16.5 Å². The highest BCUT2D eigenvalue weighted by atomic mass is 16.4. The predicted octanol–water partition coefficient (Wildman–Crippen LogP) is 3.02. The Kier molecular flexibility index (Phi) is 2.88.